The lowest BCUT2D eigenvalue weighted by Crippen LogP contribution is -2.09. The molecule has 0 aliphatic heterocycles. The van der Waals surface area contributed by atoms with Crippen molar-refractivity contribution in [2.24, 2.45) is 0 Å². The van der Waals surface area contributed by atoms with E-state index in [2.05, 4.69) is 44.2 Å². The monoisotopic (exact) mass is 265 g/mol. The van der Waals surface area contributed by atoms with Gasteiger partial charge in [-0.25, -0.2) is 4.98 Å². The average Bonchev–Trinajstić information content (AvgIpc) is 2.92. The molecule has 0 aromatic carbocycles. The summed E-state index contributed by atoms with van der Waals surface area (Å²) < 4.78 is 1.52. The second kappa shape index (κ2) is 5.76. The van der Waals surface area contributed by atoms with Gasteiger partial charge in [0, 0.05) is 12.3 Å². The third-order valence-electron chi connectivity index (χ3n) is 2.33. The van der Waals surface area contributed by atoms with Crippen LogP contribution in [-0.4, -0.2) is 42.0 Å². The maximum absolute atomic E-state index is 4.37. The first kappa shape index (κ1) is 12.7. The Bertz CT molecular complexity index is 499. The molecule has 1 atom stereocenters. The van der Waals surface area contributed by atoms with E-state index in [1.165, 1.54) is 11.0 Å². The second-order valence-corrected chi connectivity index (χ2v) is 5.07. The Labute approximate surface area is 109 Å². The molecule has 0 radical (unpaired) electrons. The molecule has 0 saturated carbocycles. The number of nitrogens with one attached hydrogen (secondary N) is 1. The van der Waals surface area contributed by atoms with E-state index in [-0.39, 0.29) is 0 Å². The average molecular weight is 265 g/mol. The first-order valence-corrected chi connectivity index (χ1v) is 6.56. The van der Waals surface area contributed by atoms with E-state index in [1.54, 1.807) is 25.1 Å². The third-order valence-corrected chi connectivity index (χ3v) is 3.46. The van der Waals surface area contributed by atoms with Crippen molar-refractivity contribution >= 4 is 17.7 Å². The Balaban J connectivity index is 2.33. The molecule has 1 N–H and O–H groups in total. The van der Waals surface area contributed by atoms with Crippen LogP contribution in [0, 0.1) is 0 Å². The maximum Gasteiger partial charge on any atom is 0.257 e. The number of aromatic nitrogens is 6. The van der Waals surface area contributed by atoms with Gasteiger partial charge in [0.25, 0.3) is 5.95 Å². The number of rotatable bonds is 5. The van der Waals surface area contributed by atoms with E-state index in [0.717, 1.165) is 6.42 Å². The van der Waals surface area contributed by atoms with Crippen LogP contribution >= 0.6 is 11.8 Å². The fourth-order valence-electron chi connectivity index (χ4n) is 1.19. The van der Waals surface area contributed by atoms with Crippen molar-refractivity contribution < 1.29 is 0 Å². The molecule has 8 heteroatoms. The Morgan fingerprint density at radius 2 is 2.22 bits per heavy atom. The Kier molecular flexibility index (Phi) is 4.08. The number of anilines is 1. The molecule has 2 aromatic heterocycles. The van der Waals surface area contributed by atoms with Crippen LogP contribution in [-0.2, 0) is 0 Å². The van der Waals surface area contributed by atoms with Gasteiger partial charge in [-0.1, -0.05) is 25.6 Å². The van der Waals surface area contributed by atoms with E-state index >= 15 is 0 Å². The number of hydrogen-bond donors (Lipinski definition) is 1. The molecule has 0 bridgehead atoms. The van der Waals surface area contributed by atoms with E-state index in [0.29, 0.717) is 22.3 Å². The molecule has 0 aliphatic rings. The standard InChI is InChI=1S/C10H15N7S/c1-4-7(2)18-10-15-8(11-3)14-9(16-10)17-6-12-5-13-17/h5-7H,4H2,1-3H3,(H,11,14,15,16). The predicted molar refractivity (Wildman–Crippen MR) is 69.9 cm³/mol. The zero-order valence-electron chi connectivity index (χ0n) is 10.5. The normalized spacial score (nSPS) is 12.4. The van der Waals surface area contributed by atoms with Gasteiger partial charge in [-0.05, 0) is 6.42 Å². The number of hydrogen-bond acceptors (Lipinski definition) is 7. The van der Waals surface area contributed by atoms with Crippen molar-refractivity contribution in [1.29, 1.82) is 0 Å². The van der Waals surface area contributed by atoms with Gasteiger partial charge >= 0.3 is 0 Å². The molecule has 0 amide bonds. The number of thioether (sulfide) groups is 1. The van der Waals surface area contributed by atoms with Gasteiger partial charge in [-0.15, -0.1) is 0 Å². The van der Waals surface area contributed by atoms with Crippen molar-refractivity contribution in [1.82, 2.24) is 29.7 Å². The first-order chi connectivity index (χ1) is 8.72. The fourth-order valence-corrected chi connectivity index (χ4v) is 1.99. The molecule has 96 valence electrons. The van der Waals surface area contributed by atoms with Gasteiger partial charge in [0.15, 0.2) is 5.16 Å². The molecule has 18 heavy (non-hydrogen) atoms. The Morgan fingerprint density at radius 3 is 2.83 bits per heavy atom. The minimum Gasteiger partial charge on any atom is -0.357 e. The molecule has 0 aliphatic carbocycles. The molecular weight excluding hydrogens is 250 g/mol. The molecule has 0 spiro atoms. The SMILES string of the molecule is CCC(C)Sc1nc(NC)nc(-n2cncn2)n1. The van der Waals surface area contributed by atoms with Crippen LogP contribution in [0.3, 0.4) is 0 Å². The van der Waals surface area contributed by atoms with Gasteiger partial charge in [-0.3, -0.25) is 0 Å². The van der Waals surface area contributed by atoms with Gasteiger partial charge in [0.2, 0.25) is 5.95 Å². The summed E-state index contributed by atoms with van der Waals surface area (Å²) in [6.45, 7) is 4.28. The predicted octanol–water partition coefficient (Wildman–Crippen LogP) is 1.38. The van der Waals surface area contributed by atoms with Crippen molar-refractivity contribution in [2.45, 2.75) is 30.7 Å². The summed E-state index contributed by atoms with van der Waals surface area (Å²) in [6, 6.07) is 0. The minimum atomic E-state index is 0.459. The third kappa shape index (κ3) is 2.95. The van der Waals surface area contributed by atoms with Gasteiger partial charge in [0.05, 0.1) is 0 Å². The lowest BCUT2D eigenvalue weighted by Gasteiger charge is -2.09. The highest BCUT2D eigenvalue weighted by Gasteiger charge is 2.10. The molecule has 0 fully saturated rings. The first-order valence-electron chi connectivity index (χ1n) is 5.68. The summed E-state index contributed by atoms with van der Waals surface area (Å²) in [5.41, 5.74) is 0. The fraction of sp³-hybridized carbons (Fsp3) is 0.500. The molecule has 0 saturated heterocycles. The van der Waals surface area contributed by atoms with Gasteiger partial charge < -0.3 is 5.32 Å². The topological polar surface area (TPSA) is 81.4 Å². The van der Waals surface area contributed by atoms with Crippen LogP contribution < -0.4 is 5.32 Å². The summed E-state index contributed by atoms with van der Waals surface area (Å²) in [7, 11) is 1.78. The van der Waals surface area contributed by atoms with Crippen LogP contribution in [0.4, 0.5) is 5.95 Å². The van der Waals surface area contributed by atoms with Crippen LogP contribution in [0.25, 0.3) is 5.95 Å². The smallest absolute Gasteiger partial charge is 0.257 e. The molecule has 7 nitrogen and oxygen atoms in total. The molecule has 1 unspecified atom stereocenters. The van der Waals surface area contributed by atoms with Crippen LogP contribution in [0.15, 0.2) is 17.8 Å². The van der Waals surface area contributed by atoms with Crippen LogP contribution in [0.2, 0.25) is 0 Å². The van der Waals surface area contributed by atoms with Crippen molar-refractivity contribution in [3.8, 4) is 5.95 Å². The molecular formula is C10H15N7S. The van der Waals surface area contributed by atoms with Crippen LogP contribution in [0.1, 0.15) is 20.3 Å². The van der Waals surface area contributed by atoms with E-state index in [1.807, 2.05) is 0 Å². The minimum absolute atomic E-state index is 0.459. The summed E-state index contributed by atoms with van der Waals surface area (Å²) in [5.74, 6) is 0.999. The Morgan fingerprint density at radius 1 is 1.39 bits per heavy atom. The lowest BCUT2D eigenvalue weighted by molar-refractivity contribution is 0.758. The van der Waals surface area contributed by atoms with E-state index in [4.69, 9.17) is 0 Å². The highest BCUT2D eigenvalue weighted by atomic mass is 32.2. The summed E-state index contributed by atoms with van der Waals surface area (Å²) in [4.78, 5) is 16.8. The zero-order chi connectivity index (χ0) is 13.0. The van der Waals surface area contributed by atoms with Gasteiger partial charge in [0.1, 0.15) is 12.7 Å². The van der Waals surface area contributed by atoms with Gasteiger partial charge in [-0.2, -0.15) is 24.7 Å². The summed E-state index contributed by atoms with van der Waals surface area (Å²) in [6.07, 6.45) is 4.07. The number of nitrogens with zero attached hydrogens (tertiary/aromatic N) is 6. The molecule has 2 rings (SSSR count). The summed E-state index contributed by atoms with van der Waals surface area (Å²) in [5, 5.41) is 8.09. The second-order valence-electron chi connectivity index (χ2n) is 3.67. The Hall–Kier alpha value is -1.70. The van der Waals surface area contributed by atoms with E-state index < -0.39 is 0 Å². The zero-order valence-corrected chi connectivity index (χ0v) is 11.3. The van der Waals surface area contributed by atoms with Crippen LogP contribution in [0.5, 0.6) is 0 Å². The summed E-state index contributed by atoms with van der Waals surface area (Å²) >= 11 is 1.62. The largest absolute Gasteiger partial charge is 0.357 e. The van der Waals surface area contributed by atoms with E-state index in [9.17, 15) is 0 Å². The van der Waals surface area contributed by atoms with Crippen molar-refractivity contribution in [2.75, 3.05) is 12.4 Å². The highest BCUT2D eigenvalue weighted by Crippen LogP contribution is 2.22. The molecule has 2 heterocycles. The highest BCUT2D eigenvalue weighted by molar-refractivity contribution is 7.99. The van der Waals surface area contributed by atoms with Crippen molar-refractivity contribution in [3.05, 3.63) is 12.7 Å². The van der Waals surface area contributed by atoms with Crippen molar-refractivity contribution in [3.63, 3.8) is 0 Å². The maximum atomic E-state index is 4.37. The lowest BCUT2D eigenvalue weighted by atomic mass is 10.4. The molecule has 2 aromatic rings. The quantitative estimate of drug-likeness (QED) is 0.818.